The van der Waals surface area contributed by atoms with Crippen molar-refractivity contribution < 1.29 is 5.11 Å². The number of hydrogen-bond donors (Lipinski definition) is 1. The highest BCUT2D eigenvalue weighted by Crippen LogP contribution is 2.22. The van der Waals surface area contributed by atoms with Crippen molar-refractivity contribution in [3.63, 3.8) is 0 Å². The number of aromatic nitrogens is 1. The summed E-state index contributed by atoms with van der Waals surface area (Å²) in [5.74, 6) is 6.80. The minimum atomic E-state index is 0.102. The monoisotopic (exact) mass is 303 g/mol. The maximum Gasteiger partial charge on any atom is 0.0964 e. The largest absolute Gasteiger partial charge is 0.395 e. The van der Waals surface area contributed by atoms with Crippen LogP contribution in [0.3, 0.4) is 0 Å². The van der Waals surface area contributed by atoms with Gasteiger partial charge in [0.25, 0.3) is 0 Å². The minimum Gasteiger partial charge on any atom is -0.395 e. The molecular formula is C16H14ClNOS. The Morgan fingerprint density at radius 3 is 2.90 bits per heavy atom. The molecule has 2 nitrogen and oxygen atoms in total. The molecular weight excluding hydrogens is 290 g/mol. The molecule has 0 unspecified atom stereocenters. The number of aliphatic hydroxyl groups excluding tert-OH is 1. The maximum absolute atomic E-state index is 8.71. The van der Waals surface area contributed by atoms with Gasteiger partial charge in [0.1, 0.15) is 0 Å². The molecule has 0 saturated heterocycles. The first-order valence-electron chi connectivity index (χ1n) is 6.21. The molecule has 0 aliphatic carbocycles. The van der Waals surface area contributed by atoms with Crippen LogP contribution in [0.15, 0.2) is 47.6 Å². The minimum absolute atomic E-state index is 0.102. The molecule has 2 rings (SSSR count). The van der Waals surface area contributed by atoms with Crippen molar-refractivity contribution in [2.45, 2.75) is 17.2 Å². The van der Waals surface area contributed by atoms with Crippen LogP contribution in [-0.2, 0) is 5.75 Å². The number of rotatable bonds is 4. The fourth-order valence-corrected chi connectivity index (χ4v) is 2.46. The van der Waals surface area contributed by atoms with Gasteiger partial charge in [0.2, 0.25) is 0 Å². The SMILES string of the molecule is OCCC#Cc1cccc(CSc2ccc(Cl)cn2)c1. The standard InChI is InChI=1S/C16H14ClNOS/c17-15-7-8-16(18-11-15)20-12-14-6-3-5-13(10-14)4-1-2-9-19/h3,5-8,10-11,19H,2,9,12H2. The van der Waals surface area contributed by atoms with Crippen LogP contribution in [0.4, 0.5) is 0 Å². The van der Waals surface area contributed by atoms with Crippen molar-refractivity contribution in [3.8, 4) is 11.8 Å². The van der Waals surface area contributed by atoms with Crippen molar-refractivity contribution >= 4 is 23.4 Å². The van der Waals surface area contributed by atoms with Crippen LogP contribution in [0.2, 0.25) is 5.02 Å². The summed E-state index contributed by atoms with van der Waals surface area (Å²) in [6.45, 7) is 0.102. The number of halogens is 1. The van der Waals surface area contributed by atoms with Crippen LogP contribution >= 0.6 is 23.4 Å². The molecule has 0 saturated carbocycles. The molecule has 1 aromatic heterocycles. The third-order valence-electron chi connectivity index (χ3n) is 2.48. The zero-order valence-corrected chi connectivity index (χ0v) is 12.4. The van der Waals surface area contributed by atoms with E-state index in [0.29, 0.717) is 11.4 Å². The molecule has 1 heterocycles. The van der Waals surface area contributed by atoms with Gasteiger partial charge in [-0.05, 0) is 29.8 Å². The van der Waals surface area contributed by atoms with Crippen LogP contribution in [0.25, 0.3) is 0 Å². The Morgan fingerprint density at radius 1 is 1.25 bits per heavy atom. The zero-order valence-electron chi connectivity index (χ0n) is 10.8. The Kier molecular flexibility index (Phi) is 5.94. The lowest BCUT2D eigenvalue weighted by Crippen LogP contribution is -1.85. The highest BCUT2D eigenvalue weighted by Gasteiger charge is 1.99. The second kappa shape index (κ2) is 7.96. The van der Waals surface area contributed by atoms with E-state index in [2.05, 4.69) is 29.0 Å². The Balaban J connectivity index is 1.98. The second-order valence-electron chi connectivity index (χ2n) is 4.08. The Hall–Kier alpha value is -1.47. The van der Waals surface area contributed by atoms with E-state index in [-0.39, 0.29) is 6.61 Å². The van der Waals surface area contributed by atoms with Gasteiger partial charge in [-0.3, -0.25) is 0 Å². The van der Waals surface area contributed by atoms with Crippen LogP contribution < -0.4 is 0 Å². The van der Waals surface area contributed by atoms with Gasteiger partial charge in [0, 0.05) is 23.9 Å². The van der Waals surface area contributed by atoms with E-state index in [4.69, 9.17) is 16.7 Å². The normalized spacial score (nSPS) is 9.90. The van der Waals surface area contributed by atoms with E-state index in [9.17, 15) is 0 Å². The quantitative estimate of drug-likeness (QED) is 0.689. The van der Waals surface area contributed by atoms with Crippen molar-refractivity contribution in [1.82, 2.24) is 4.98 Å². The Labute approximate surface area is 128 Å². The van der Waals surface area contributed by atoms with Gasteiger partial charge >= 0.3 is 0 Å². The summed E-state index contributed by atoms with van der Waals surface area (Å²) in [5, 5.41) is 10.3. The molecule has 0 atom stereocenters. The molecule has 0 spiro atoms. The number of aliphatic hydroxyl groups is 1. The lowest BCUT2D eigenvalue weighted by molar-refractivity contribution is 0.305. The Bertz CT molecular complexity index is 616. The van der Waals surface area contributed by atoms with Crippen molar-refractivity contribution in [1.29, 1.82) is 0 Å². The van der Waals surface area contributed by atoms with Crippen LogP contribution in [0, 0.1) is 11.8 Å². The van der Waals surface area contributed by atoms with Gasteiger partial charge in [0.15, 0.2) is 0 Å². The van der Waals surface area contributed by atoms with Gasteiger partial charge in [-0.15, -0.1) is 11.8 Å². The number of nitrogens with zero attached hydrogens (tertiary/aromatic N) is 1. The molecule has 0 aliphatic rings. The van der Waals surface area contributed by atoms with Gasteiger partial charge in [-0.25, -0.2) is 4.98 Å². The summed E-state index contributed by atoms with van der Waals surface area (Å²) < 4.78 is 0. The summed E-state index contributed by atoms with van der Waals surface area (Å²) in [7, 11) is 0. The van der Waals surface area contributed by atoms with Crippen molar-refractivity contribution in [2.75, 3.05) is 6.61 Å². The van der Waals surface area contributed by atoms with Crippen LogP contribution in [0.5, 0.6) is 0 Å². The first kappa shape index (κ1) is 14.9. The van der Waals surface area contributed by atoms with E-state index in [1.807, 2.05) is 24.3 Å². The third kappa shape index (κ3) is 4.90. The predicted molar refractivity (Wildman–Crippen MR) is 83.8 cm³/mol. The lowest BCUT2D eigenvalue weighted by Gasteiger charge is -2.02. The number of benzene rings is 1. The molecule has 102 valence electrons. The summed E-state index contributed by atoms with van der Waals surface area (Å²) >= 11 is 7.47. The van der Waals surface area contributed by atoms with Gasteiger partial charge in [-0.2, -0.15) is 0 Å². The molecule has 0 amide bonds. The number of pyridine rings is 1. The molecule has 20 heavy (non-hydrogen) atoms. The summed E-state index contributed by atoms with van der Waals surface area (Å²) in [4.78, 5) is 4.25. The van der Waals surface area contributed by atoms with E-state index >= 15 is 0 Å². The molecule has 0 fully saturated rings. The average molecular weight is 304 g/mol. The first-order chi connectivity index (χ1) is 9.78. The average Bonchev–Trinajstić information content (AvgIpc) is 2.47. The van der Waals surface area contributed by atoms with Crippen LogP contribution in [0.1, 0.15) is 17.5 Å². The maximum atomic E-state index is 8.71. The van der Waals surface area contributed by atoms with Gasteiger partial charge in [0.05, 0.1) is 16.7 Å². The highest BCUT2D eigenvalue weighted by atomic mass is 35.5. The molecule has 0 aliphatic heterocycles. The van der Waals surface area contributed by atoms with Gasteiger partial charge < -0.3 is 5.11 Å². The van der Waals surface area contributed by atoms with Crippen LogP contribution in [-0.4, -0.2) is 16.7 Å². The molecule has 1 N–H and O–H groups in total. The molecule has 1 aromatic carbocycles. The molecule has 0 radical (unpaired) electrons. The topological polar surface area (TPSA) is 33.1 Å². The highest BCUT2D eigenvalue weighted by molar-refractivity contribution is 7.98. The number of thioether (sulfide) groups is 1. The smallest absolute Gasteiger partial charge is 0.0964 e. The summed E-state index contributed by atoms with van der Waals surface area (Å²) in [6.07, 6.45) is 2.16. The van der Waals surface area contributed by atoms with E-state index in [1.165, 1.54) is 5.56 Å². The van der Waals surface area contributed by atoms with Crippen molar-refractivity contribution in [2.24, 2.45) is 0 Å². The predicted octanol–water partition coefficient (Wildman–Crippen LogP) is 3.76. The summed E-state index contributed by atoms with van der Waals surface area (Å²) in [6, 6.07) is 11.9. The second-order valence-corrected chi connectivity index (χ2v) is 5.51. The lowest BCUT2D eigenvalue weighted by atomic mass is 10.1. The number of hydrogen-bond acceptors (Lipinski definition) is 3. The molecule has 0 bridgehead atoms. The fraction of sp³-hybridized carbons (Fsp3) is 0.188. The zero-order chi connectivity index (χ0) is 14.2. The van der Waals surface area contributed by atoms with E-state index in [1.54, 1.807) is 18.0 Å². The van der Waals surface area contributed by atoms with Gasteiger partial charge in [-0.1, -0.05) is 35.6 Å². The summed E-state index contributed by atoms with van der Waals surface area (Å²) in [5.41, 5.74) is 2.17. The molecule has 4 heteroatoms. The first-order valence-corrected chi connectivity index (χ1v) is 7.57. The van der Waals surface area contributed by atoms with E-state index < -0.39 is 0 Å². The van der Waals surface area contributed by atoms with E-state index in [0.717, 1.165) is 16.3 Å². The molecule has 2 aromatic rings. The fourth-order valence-electron chi connectivity index (χ4n) is 1.56. The third-order valence-corrected chi connectivity index (χ3v) is 3.72. The Morgan fingerprint density at radius 2 is 2.15 bits per heavy atom. The van der Waals surface area contributed by atoms with Crippen molar-refractivity contribution in [3.05, 3.63) is 58.7 Å².